The van der Waals surface area contributed by atoms with E-state index in [2.05, 4.69) is 15.3 Å². The molecule has 7 nitrogen and oxygen atoms in total. The van der Waals surface area contributed by atoms with Crippen LogP contribution in [0.3, 0.4) is 0 Å². The van der Waals surface area contributed by atoms with Gasteiger partial charge in [-0.15, -0.1) is 0 Å². The van der Waals surface area contributed by atoms with E-state index in [0.717, 1.165) is 5.69 Å². The second kappa shape index (κ2) is 9.73. The number of halogens is 2. The summed E-state index contributed by atoms with van der Waals surface area (Å²) < 4.78 is 4.85. The number of carbonyl (C=O) groups is 2. The number of thioether (sulfide) groups is 1. The molecule has 1 aliphatic rings. The number of rotatable bonds is 6. The fourth-order valence-electron chi connectivity index (χ4n) is 3.40. The Kier molecular flexibility index (Phi) is 7.32. The lowest BCUT2D eigenvalue weighted by Gasteiger charge is -2.36. The van der Waals surface area contributed by atoms with Crippen molar-refractivity contribution in [1.82, 2.24) is 20.2 Å². The smallest absolute Gasteiger partial charge is 0.328 e. The van der Waals surface area contributed by atoms with Gasteiger partial charge in [0.05, 0.1) is 29.2 Å². The fraction of sp³-hybridized carbons (Fsp3) is 0.421. The largest absolute Gasteiger partial charge is 0.467 e. The van der Waals surface area contributed by atoms with Crippen LogP contribution < -0.4 is 5.32 Å². The third-order valence-corrected chi connectivity index (χ3v) is 6.33. The lowest BCUT2D eigenvalue weighted by molar-refractivity contribution is -0.142. The Labute approximate surface area is 183 Å². The van der Waals surface area contributed by atoms with Gasteiger partial charge in [0, 0.05) is 24.2 Å². The number of methoxy groups -OCH3 is 1. The molecule has 0 saturated heterocycles. The van der Waals surface area contributed by atoms with E-state index >= 15 is 0 Å². The maximum absolute atomic E-state index is 13.2. The van der Waals surface area contributed by atoms with E-state index in [4.69, 9.17) is 27.9 Å². The zero-order chi connectivity index (χ0) is 21.0. The molecular formula is C19H22Cl2N4O3S. The van der Waals surface area contributed by atoms with E-state index in [-0.39, 0.29) is 6.03 Å². The summed E-state index contributed by atoms with van der Waals surface area (Å²) in [4.78, 5) is 34.5. The van der Waals surface area contributed by atoms with Crippen molar-refractivity contribution in [3.05, 3.63) is 51.5 Å². The molecule has 0 radical (unpaired) electrons. The van der Waals surface area contributed by atoms with Crippen molar-refractivity contribution < 1.29 is 14.3 Å². The number of hydrogen-bond acceptors (Lipinski definition) is 5. The monoisotopic (exact) mass is 456 g/mol. The number of benzene rings is 1. The molecule has 29 heavy (non-hydrogen) atoms. The third-order valence-electron chi connectivity index (χ3n) is 4.86. The molecule has 2 atom stereocenters. The van der Waals surface area contributed by atoms with Crippen LogP contribution in [0.1, 0.15) is 29.4 Å². The number of urea groups is 1. The number of nitrogens with zero attached hydrogens (tertiary/aromatic N) is 2. The van der Waals surface area contributed by atoms with Crippen LogP contribution in [0.25, 0.3) is 0 Å². The molecule has 2 heterocycles. The van der Waals surface area contributed by atoms with Crippen molar-refractivity contribution in [2.45, 2.75) is 24.9 Å². The van der Waals surface area contributed by atoms with E-state index < -0.39 is 18.1 Å². The maximum atomic E-state index is 13.2. The number of H-pyrrole nitrogens is 1. The zero-order valence-electron chi connectivity index (χ0n) is 16.1. The SMILES string of the molecule is COC(=O)[C@H](CCSC)NC(=O)N1CCc2[nH]cnc2C1c1cccc(Cl)c1Cl. The summed E-state index contributed by atoms with van der Waals surface area (Å²) >= 11 is 14.3. The number of ether oxygens (including phenoxy) is 1. The van der Waals surface area contributed by atoms with Crippen molar-refractivity contribution in [3.8, 4) is 0 Å². The molecule has 1 unspecified atom stereocenters. The number of esters is 1. The first-order valence-electron chi connectivity index (χ1n) is 9.07. The van der Waals surface area contributed by atoms with E-state index in [1.54, 1.807) is 35.1 Å². The van der Waals surface area contributed by atoms with Crippen molar-refractivity contribution in [2.24, 2.45) is 0 Å². The van der Waals surface area contributed by atoms with Gasteiger partial charge in [-0.1, -0.05) is 35.3 Å². The van der Waals surface area contributed by atoms with Gasteiger partial charge in [-0.05, 0) is 24.5 Å². The summed E-state index contributed by atoms with van der Waals surface area (Å²) in [6, 6.07) is 3.69. The van der Waals surface area contributed by atoms with Crippen LogP contribution in [0, 0.1) is 0 Å². The molecule has 156 valence electrons. The summed E-state index contributed by atoms with van der Waals surface area (Å²) in [6.45, 7) is 0.435. The summed E-state index contributed by atoms with van der Waals surface area (Å²) in [5, 5.41) is 3.59. The number of aromatic nitrogens is 2. The van der Waals surface area contributed by atoms with Gasteiger partial charge in [0.1, 0.15) is 12.1 Å². The zero-order valence-corrected chi connectivity index (χ0v) is 18.4. The summed E-state index contributed by atoms with van der Waals surface area (Å²) in [6.07, 6.45) is 4.64. The summed E-state index contributed by atoms with van der Waals surface area (Å²) in [5.41, 5.74) is 2.34. The van der Waals surface area contributed by atoms with Gasteiger partial charge < -0.3 is 19.9 Å². The van der Waals surface area contributed by atoms with E-state index in [1.807, 2.05) is 12.3 Å². The predicted molar refractivity (Wildman–Crippen MR) is 115 cm³/mol. The Hall–Kier alpha value is -1.90. The highest BCUT2D eigenvalue weighted by molar-refractivity contribution is 7.98. The van der Waals surface area contributed by atoms with Gasteiger partial charge in [0.25, 0.3) is 0 Å². The second-order valence-corrected chi connectivity index (χ2v) is 8.33. The van der Waals surface area contributed by atoms with Gasteiger partial charge in [0.15, 0.2) is 0 Å². The highest BCUT2D eigenvalue weighted by atomic mass is 35.5. The number of carbonyl (C=O) groups excluding carboxylic acids is 2. The van der Waals surface area contributed by atoms with E-state index in [1.165, 1.54) is 7.11 Å². The molecule has 0 aliphatic carbocycles. The van der Waals surface area contributed by atoms with Crippen LogP contribution in [0.2, 0.25) is 10.0 Å². The molecule has 3 rings (SSSR count). The topological polar surface area (TPSA) is 87.3 Å². The number of amides is 2. The molecule has 1 aromatic carbocycles. The first kappa shape index (κ1) is 21.8. The Morgan fingerprint density at radius 2 is 2.24 bits per heavy atom. The van der Waals surface area contributed by atoms with Crippen molar-refractivity contribution in [3.63, 3.8) is 0 Å². The summed E-state index contributed by atoms with van der Waals surface area (Å²) in [5.74, 6) is 0.245. The second-order valence-electron chi connectivity index (χ2n) is 6.56. The van der Waals surface area contributed by atoms with Gasteiger partial charge in [-0.3, -0.25) is 0 Å². The van der Waals surface area contributed by atoms with Crippen molar-refractivity contribution in [1.29, 1.82) is 0 Å². The number of nitrogens with one attached hydrogen (secondary N) is 2. The first-order chi connectivity index (χ1) is 14.0. The number of imidazole rings is 1. The minimum atomic E-state index is -0.726. The number of aromatic amines is 1. The van der Waals surface area contributed by atoms with E-state index in [0.29, 0.717) is 46.4 Å². The Balaban J connectivity index is 1.93. The molecular weight excluding hydrogens is 435 g/mol. The van der Waals surface area contributed by atoms with Crippen LogP contribution in [-0.4, -0.2) is 58.6 Å². The average molecular weight is 457 g/mol. The molecule has 1 aliphatic heterocycles. The molecule has 0 fully saturated rings. The number of hydrogen-bond donors (Lipinski definition) is 2. The van der Waals surface area contributed by atoms with Crippen LogP contribution in [0.4, 0.5) is 4.79 Å². The molecule has 0 bridgehead atoms. The van der Waals surface area contributed by atoms with Crippen molar-refractivity contribution >= 4 is 47.0 Å². The van der Waals surface area contributed by atoms with Crippen molar-refractivity contribution in [2.75, 3.05) is 25.7 Å². The molecule has 0 spiro atoms. The highest BCUT2D eigenvalue weighted by Gasteiger charge is 2.37. The highest BCUT2D eigenvalue weighted by Crippen LogP contribution is 2.39. The van der Waals surface area contributed by atoms with Crippen LogP contribution in [-0.2, 0) is 16.0 Å². The molecule has 0 saturated carbocycles. The normalized spacial score (nSPS) is 16.8. The van der Waals surface area contributed by atoms with Crippen LogP contribution in [0.5, 0.6) is 0 Å². The van der Waals surface area contributed by atoms with Gasteiger partial charge in [-0.2, -0.15) is 11.8 Å². The Morgan fingerprint density at radius 3 is 2.97 bits per heavy atom. The minimum Gasteiger partial charge on any atom is -0.467 e. The van der Waals surface area contributed by atoms with Gasteiger partial charge >= 0.3 is 12.0 Å². The molecule has 1 aromatic heterocycles. The Morgan fingerprint density at radius 1 is 1.45 bits per heavy atom. The Bertz CT molecular complexity index is 892. The van der Waals surface area contributed by atoms with Crippen LogP contribution in [0.15, 0.2) is 24.5 Å². The molecule has 10 heteroatoms. The lowest BCUT2D eigenvalue weighted by Crippen LogP contribution is -2.51. The standard InChI is InChI=1S/C19H22Cl2N4O3S/c1-28-18(26)14(7-9-29-2)24-19(27)25-8-6-13-16(23-10-22-13)17(25)11-4-3-5-12(20)15(11)21/h3-5,10,14,17H,6-9H2,1-2H3,(H,22,23)(H,24,27)/t14-,17?/m0/s1. The van der Waals surface area contributed by atoms with E-state index in [9.17, 15) is 9.59 Å². The third kappa shape index (κ3) is 4.65. The summed E-state index contributed by atoms with van der Waals surface area (Å²) in [7, 11) is 1.31. The first-order valence-corrected chi connectivity index (χ1v) is 11.2. The van der Waals surface area contributed by atoms with Crippen LogP contribution >= 0.6 is 35.0 Å². The minimum absolute atomic E-state index is 0.375. The molecule has 2 amide bonds. The quantitative estimate of drug-likeness (QED) is 0.647. The molecule has 2 aromatic rings. The number of fused-ring (bicyclic) bond motifs is 1. The van der Waals surface area contributed by atoms with Gasteiger partial charge in [-0.25, -0.2) is 14.6 Å². The van der Waals surface area contributed by atoms with Gasteiger partial charge in [0.2, 0.25) is 0 Å². The molecule has 2 N–H and O–H groups in total. The average Bonchev–Trinajstić information content (AvgIpc) is 3.20. The lowest BCUT2D eigenvalue weighted by atomic mass is 9.96. The fourth-order valence-corrected chi connectivity index (χ4v) is 4.28. The maximum Gasteiger partial charge on any atom is 0.328 e. The predicted octanol–water partition coefficient (Wildman–Crippen LogP) is 3.67.